The van der Waals surface area contributed by atoms with E-state index in [4.69, 9.17) is 0 Å². The van der Waals surface area contributed by atoms with Crippen LogP contribution in [-0.2, 0) is 11.2 Å². The number of aryl methyl sites for hydroxylation is 1. The molecule has 1 aromatic heterocycles. The minimum absolute atomic E-state index is 0.0755. The van der Waals surface area contributed by atoms with Gasteiger partial charge in [-0.3, -0.25) is 4.79 Å². The third-order valence-electron chi connectivity index (χ3n) is 3.88. The van der Waals surface area contributed by atoms with E-state index in [1.807, 2.05) is 43.3 Å². The number of halogens is 1. The first kappa shape index (κ1) is 19.0. The van der Waals surface area contributed by atoms with Gasteiger partial charge in [0.15, 0.2) is 5.16 Å². The van der Waals surface area contributed by atoms with Gasteiger partial charge < -0.3 is 5.32 Å². The van der Waals surface area contributed by atoms with Crippen LogP contribution in [0.4, 0.5) is 4.39 Å². The molecule has 1 heterocycles. The predicted molar refractivity (Wildman–Crippen MR) is 106 cm³/mol. The second-order valence-corrected chi connectivity index (χ2v) is 7.00. The molecule has 2 aromatic carbocycles. The zero-order valence-corrected chi connectivity index (χ0v) is 15.8. The van der Waals surface area contributed by atoms with Gasteiger partial charge in [0.05, 0.1) is 11.4 Å². The molecule has 0 bridgehead atoms. The highest BCUT2D eigenvalue weighted by molar-refractivity contribution is 7.99. The number of nitrogens with zero attached hydrogens (tertiary/aromatic N) is 2. The Hall–Kier alpha value is -2.73. The lowest BCUT2D eigenvalue weighted by atomic mass is 10.1. The van der Waals surface area contributed by atoms with Crippen molar-refractivity contribution in [3.8, 4) is 11.3 Å². The van der Waals surface area contributed by atoms with Crippen molar-refractivity contribution >= 4 is 17.7 Å². The summed E-state index contributed by atoms with van der Waals surface area (Å²) in [5, 5.41) is 3.45. The summed E-state index contributed by atoms with van der Waals surface area (Å²) in [5.41, 5.74) is 3.72. The summed E-state index contributed by atoms with van der Waals surface area (Å²) >= 11 is 1.32. The fraction of sp³-hybridized carbons (Fsp3) is 0.190. The fourth-order valence-corrected chi connectivity index (χ4v) is 3.27. The molecule has 27 heavy (non-hydrogen) atoms. The number of amides is 1. The standard InChI is InChI=1S/C21H20FN3OS/c1-15-13-19(17-5-3-2-4-6-17)25-21(24-15)27-14-20(26)23-12-11-16-7-9-18(22)10-8-16/h2-10,13H,11-12,14H2,1H3,(H,23,26). The van der Waals surface area contributed by atoms with Crippen LogP contribution in [0.2, 0.25) is 0 Å². The van der Waals surface area contributed by atoms with Gasteiger partial charge in [-0.05, 0) is 37.1 Å². The average molecular weight is 381 g/mol. The van der Waals surface area contributed by atoms with Crippen LogP contribution in [0.25, 0.3) is 11.3 Å². The maximum atomic E-state index is 12.9. The van der Waals surface area contributed by atoms with Crippen LogP contribution in [0.5, 0.6) is 0 Å². The van der Waals surface area contributed by atoms with Crippen molar-refractivity contribution in [1.29, 1.82) is 0 Å². The normalized spacial score (nSPS) is 10.6. The maximum Gasteiger partial charge on any atom is 0.230 e. The van der Waals surface area contributed by atoms with E-state index in [1.54, 1.807) is 12.1 Å². The molecule has 0 unspecified atom stereocenters. The van der Waals surface area contributed by atoms with E-state index >= 15 is 0 Å². The molecule has 138 valence electrons. The quantitative estimate of drug-likeness (QED) is 0.496. The summed E-state index contributed by atoms with van der Waals surface area (Å²) in [5.74, 6) is -0.0816. The fourth-order valence-electron chi connectivity index (χ4n) is 2.54. The summed E-state index contributed by atoms with van der Waals surface area (Å²) in [6.07, 6.45) is 0.662. The van der Waals surface area contributed by atoms with Crippen molar-refractivity contribution in [2.75, 3.05) is 12.3 Å². The van der Waals surface area contributed by atoms with Crippen LogP contribution in [-0.4, -0.2) is 28.2 Å². The van der Waals surface area contributed by atoms with Crippen molar-refractivity contribution in [1.82, 2.24) is 15.3 Å². The number of carbonyl (C=O) groups is 1. The molecule has 0 fully saturated rings. The van der Waals surface area contributed by atoms with Gasteiger partial charge in [0, 0.05) is 17.8 Å². The lowest BCUT2D eigenvalue weighted by Gasteiger charge is -2.07. The second kappa shape index (κ2) is 9.28. The van der Waals surface area contributed by atoms with E-state index in [-0.39, 0.29) is 17.5 Å². The number of hydrogen-bond donors (Lipinski definition) is 1. The third-order valence-corrected chi connectivity index (χ3v) is 4.73. The van der Waals surface area contributed by atoms with Gasteiger partial charge in [0.1, 0.15) is 5.82 Å². The molecule has 3 aromatic rings. The van der Waals surface area contributed by atoms with Gasteiger partial charge in [-0.1, -0.05) is 54.2 Å². The summed E-state index contributed by atoms with van der Waals surface area (Å²) in [7, 11) is 0. The Morgan fingerprint density at radius 3 is 2.56 bits per heavy atom. The lowest BCUT2D eigenvalue weighted by Crippen LogP contribution is -2.27. The number of benzene rings is 2. The molecule has 0 radical (unpaired) electrons. The van der Waals surface area contributed by atoms with Crippen LogP contribution in [0.15, 0.2) is 65.8 Å². The molecule has 0 aliphatic rings. The van der Waals surface area contributed by atoms with Crippen LogP contribution >= 0.6 is 11.8 Å². The van der Waals surface area contributed by atoms with E-state index in [9.17, 15) is 9.18 Å². The lowest BCUT2D eigenvalue weighted by molar-refractivity contribution is -0.118. The molecule has 0 saturated carbocycles. The first-order valence-corrected chi connectivity index (χ1v) is 9.64. The second-order valence-electron chi connectivity index (χ2n) is 6.06. The topological polar surface area (TPSA) is 54.9 Å². The Balaban J connectivity index is 1.51. The Morgan fingerprint density at radius 2 is 1.81 bits per heavy atom. The molecule has 3 rings (SSSR count). The highest BCUT2D eigenvalue weighted by atomic mass is 32.2. The zero-order valence-electron chi connectivity index (χ0n) is 15.0. The van der Waals surface area contributed by atoms with E-state index in [2.05, 4.69) is 15.3 Å². The first-order valence-electron chi connectivity index (χ1n) is 8.65. The summed E-state index contributed by atoms with van der Waals surface area (Å²) < 4.78 is 12.9. The Labute approximate surface area is 162 Å². The third kappa shape index (κ3) is 5.89. The molecule has 1 N–H and O–H groups in total. The van der Waals surface area contributed by atoms with E-state index in [1.165, 1.54) is 23.9 Å². The molecule has 0 saturated heterocycles. The van der Waals surface area contributed by atoms with Gasteiger partial charge >= 0.3 is 0 Å². The summed E-state index contributed by atoms with van der Waals surface area (Å²) in [6, 6.07) is 18.1. The van der Waals surface area contributed by atoms with E-state index in [0.717, 1.165) is 22.5 Å². The van der Waals surface area contributed by atoms with Crippen LogP contribution in [0.3, 0.4) is 0 Å². The molecule has 6 heteroatoms. The molecular weight excluding hydrogens is 361 g/mol. The smallest absolute Gasteiger partial charge is 0.230 e. The molecule has 1 amide bonds. The first-order chi connectivity index (χ1) is 13.1. The largest absolute Gasteiger partial charge is 0.355 e. The molecule has 0 atom stereocenters. The van der Waals surface area contributed by atoms with Crippen molar-refractivity contribution in [3.63, 3.8) is 0 Å². The summed E-state index contributed by atoms with van der Waals surface area (Å²) in [6.45, 7) is 2.43. The number of carbonyl (C=O) groups excluding carboxylic acids is 1. The Bertz CT molecular complexity index is 901. The number of nitrogens with one attached hydrogen (secondary N) is 1. The average Bonchev–Trinajstić information content (AvgIpc) is 2.68. The highest BCUT2D eigenvalue weighted by Crippen LogP contribution is 2.21. The van der Waals surface area contributed by atoms with Crippen LogP contribution in [0, 0.1) is 12.7 Å². The van der Waals surface area contributed by atoms with Crippen molar-refractivity contribution in [2.24, 2.45) is 0 Å². The maximum absolute atomic E-state index is 12.9. The van der Waals surface area contributed by atoms with Crippen molar-refractivity contribution < 1.29 is 9.18 Å². The Kier molecular flexibility index (Phi) is 6.54. The Morgan fingerprint density at radius 1 is 1.07 bits per heavy atom. The zero-order chi connectivity index (χ0) is 19.1. The van der Waals surface area contributed by atoms with Gasteiger partial charge in [-0.25, -0.2) is 14.4 Å². The predicted octanol–water partition coefficient (Wildman–Crippen LogP) is 4.04. The minimum Gasteiger partial charge on any atom is -0.355 e. The number of rotatable bonds is 7. The van der Waals surface area contributed by atoms with Gasteiger partial charge in [0.2, 0.25) is 5.91 Å². The molecule has 0 spiro atoms. The van der Waals surface area contributed by atoms with Gasteiger partial charge in [0.25, 0.3) is 0 Å². The van der Waals surface area contributed by atoms with Gasteiger partial charge in [-0.15, -0.1) is 0 Å². The number of hydrogen-bond acceptors (Lipinski definition) is 4. The highest BCUT2D eigenvalue weighted by Gasteiger charge is 2.08. The minimum atomic E-state index is -0.257. The monoisotopic (exact) mass is 381 g/mol. The van der Waals surface area contributed by atoms with Crippen molar-refractivity contribution in [3.05, 3.63) is 77.7 Å². The van der Waals surface area contributed by atoms with Gasteiger partial charge in [-0.2, -0.15) is 0 Å². The van der Waals surface area contributed by atoms with Crippen molar-refractivity contribution in [2.45, 2.75) is 18.5 Å². The number of thioether (sulfide) groups is 1. The summed E-state index contributed by atoms with van der Waals surface area (Å²) in [4.78, 5) is 21.0. The van der Waals surface area contributed by atoms with Crippen LogP contribution in [0.1, 0.15) is 11.3 Å². The molecule has 0 aliphatic carbocycles. The van der Waals surface area contributed by atoms with E-state index in [0.29, 0.717) is 18.1 Å². The molecule has 4 nitrogen and oxygen atoms in total. The molecule has 0 aliphatic heterocycles. The number of aromatic nitrogens is 2. The molecular formula is C21H20FN3OS. The SMILES string of the molecule is Cc1cc(-c2ccccc2)nc(SCC(=O)NCCc2ccc(F)cc2)n1. The van der Waals surface area contributed by atoms with Crippen LogP contribution < -0.4 is 5.32 Å². The van der Waals surface area contributed by atoms with E-state index < -0.39 is 0 Å².